The van der Waals surface area contributed by atoms with Gasteiger partial charge in [-0.1, -0.05) is 30.3 Å². The van der Waals surface area contributed by atoms with Crippen molar-refractivity contribution in [1.29, 1.82) is 0 Å². The van der Waals surface area contributed by atoms with E-state index in [9.17, 15) is 14.4 Å². The number of nitrogens with zero attached hydrogens (tertiary/aromatic N) is 6. The minimum absolute atomic E-state index is 0.190. The molecule has 0 unspecified atom stereocenters. The lowest BCUT2D eigenvalue weighted by Crippen LogP contribution is -2.44. The normalized spacial score (nSPS) is 13.5. The smallest absolute Gasteiger partial charge is 0.245 e. The van der Waals surface area contributed by atoms with Crippen molar-refractivity contribution >= 4 is 23.4 Å². The van der Waals surface area contributed by atoms with Crippen LogP contribution >= 0.6 is 0 Å². The standard InChI is InChI=1S/C17H18N6O3/c1-11(24)21-10-9-15(20-21)17-19-18-16(14-7-5-4-6-8-14)23(17)22(12(2)25)13(3)26/h4-8H,9-10H2,1-3H3. The van der Waals surface area contributed by atoms with Crippen LogP contribution in [-0.2, 0) is 14.4 Å². The second-order valence-electron chi connectivity index (χ2n) is 5.81. The third-order valence-electron chi connectivity index (χ3n) is 3.89. The number of imide groups is 1. The van der Waals surface area contributed by atoms with Crippen molar-refractivity contribution in [3.63, 3.8) is 0 Å². The molecule has 9 heteroatoms. The molecule has 0 atom stereocenters. The zero-order valence-electron chi connectivity index (χ0n) is 14.7. The molecule has 0 fully saturated rings. The molecule has 3 rings (SSSR count). The van der Waals surface area contributed by atoms with Gasteiger partial charge >= 0.3 is 0 Å². The average Bonchev–Trinajstić information content (AvgIpc) is 3.22. The first-order valence-electron chi connectivity index (χ1n) is 8.08. The van der Waals surface area contributed by atoms with Gasteiger partial charge in [0.05, 0.1) is 6.54 Å². The van der Waals surface area contributed by atoms with E-state index in [0.717, 1.165) is 5.01 Å². The molecule has 0 saturated heterocycles. The van der Waals surface area contributed by atoms with Gasteiger partial charge in [-0.3, -0.25) is 14.4 Å². The summed E-state index contributed by atoms with van der Waals surface area (Å²) >= 11 is 0. The molecule has 0 N–H and O–H groups in total. The molecule has 1 aromatic heterocycles. The van der Waals surface area contributed by atoms with Crippen molar-refractivity contribution in [2.24, 2.45) is 5.10 Å². The van der Waals surface area contributed by atoms with Crippen LogP contribution in [0.25, 0.3) is 11.4 Å². The highest BCUT2D eigenvalue weighted by Gasteiger charge is 2.30. The highest BCUT2D eigenvalue weighted by molar-refractivity contribution is 6.08. The largest absolute Gasteiger partial charge is 0.273 e. The Balaban J connectivity index is 2.19. The predicted molar refractivity (Wildman–Crippen MR) is 93.6 cm³/mol. The Morgan fingerprint density at radius 1 is 0.962 bits per heavy atom. The second-order valence-corrected chi connectivity index (χ2v) is 5.81. The van der Waals surface area contributed by atoms with Crippen molar-refractivity contribution in [2.75, 3.05) is 11.6 Å². The average molecular weight is 354 g/mol. The van der Waals surface area contributed by atoms with E-state index in [4.69, 9.17) is 0 Å². The van der Waals surface area contributed by atoms with E-state index in [-0.39, 0.29) is 11.7 Å². The first kappa shape index (κ1) is 17.5. The van der Waals surface area contributed by atoms with Crippen molar-refractivity contribution in [1.82, 2.24) is 19.9 Å². The number of hydrogen-bond acceptors (Lipinski definition) is 6. The molecular formula is C17H18N6O3. The van der Waals surface area contributed by atoms with E-state index in [1.54, 1.807) is 12.1 Å². The van der Waals surface area contributed by atoms with Crippen molar-refractivity contribution in [2.45, 2.75) is 27.2 Å². The van der Waals surface area contributed by atoms with Gasteiger partial charge in [-0.15, -0.1) is 10.2 Å². The van der Waals surface area contributed by atoms with Crippen LogP contribution in [-0.4, -0.2) is 49.9 Å². The van der Waals surface area contributed by atoms with E-state index in [2.05, 4.69) is 15.3 Å². The summed E-state index contributed by atoms with van der Waals surface area (Å²) in [6, 6.07) is 9.11. The molecule has 0 spiro atoms. The summed E-state index contributed by atoms with van der Waals surface area (Å²) in [6.45, 7) is 4.42. The van der Waals surface area contributed by atoms with E-state index >= 15 is 0 Å². The minimum Gasteiger partial charge on any atom is -0.273 e. The van der Waals surface area contributed by atoms with Gasteiger partial charge in [0.15, 0.2) is 11.6 Å². The Bertz CT molecular complexity index is 888. The van der Waals surface area contributed by atoms with Crippen LogP contribution in [0, 0.1) is 0 Å². The number of hydrogen-bond donors (Lipinski definition) is 0. The molecule has 26 heavy (non-hydrogen) atoms. The van der Waals surface area contributed by atoms with Gasteiger partial charge in [0.2, 0.25) is 17.7 Å². The molecule has 2 aromatic rings. The number of rotatable bonds is 3. The number of hydrazone groups is 1. The first-order chi connectivity index (χ1) is 12.4. The fourth-order valence-corrected chi connectivity index (χ4v) is 2.76. The van der Waals surface area contributed by atoms with Crippen LogP contribution in [0.3, 0.4) is 0 Å². The minimum atomic E-state index is -0.474. The monoisotopic (exact) mass is 354 g/mol. The van der Waals surface area contributed by atoms with Crippen molar-refractivity contribution < 1.29 is 14.4 Å². The highest BCUT2D eigenvalue weighted by Crippen LogP contribution is 2.21. The van der Waals surface area contributed by atoms with E-state index in [1.165, 1.54) is 30.5 Å². The van der Waals surface area contributed by atoms with Crippen LogP contribution in [0.5, 0.6) is 0 Å². The van der Waals surface area contributed by atoms with E-state index in [1.807, 2.05) is 18.2 Å². The topological polar surface area (TPSA) is 101 Å². The maximum Gasteiger partial charge on any atom is 0.245 e. The number of carbonyl (C=O) groups excluding carboxylic acids is 3. The molecule has 1 aliphatic heterocycles. The summed E-state index contributed by atoms with van der Waals surface area (Å²) in [5, 5.41) is 14.9. The molecule has 0 radical (unpaired) electrons. The lowest BCUT2D eigenvalue weighted by molar-refractivity contribution is -0.128. The van der Waals surface area contributed by atoms with Crippen LogP contribution < -0.4 is 5.01 Å². The molecule has 0 aliphatic carbocycles. The first-order valence-corrected chi connectivity index (χ1v) is 8.08. The fourth-order valence-electron chi connectivity index (χ4n) is 2.76. The van der Waals surface area contributed by atoms with Gasteiger partial charge in [-0.05, 0) is 0 Å². The Morgan fingerprint density at radius 3 is 2.12 bits per heavy atom. The third kappa shape index (κ3) is 3.10. The van der Waals surface area contributed by atoms with Gasteiger partial charge in [0.25, 0.3) is 0 Å². The van der Waals surface area contributed by atoms with Gasteiger partial charge in [-0.2, -0.15) is 10.1 Å². The molecule has 1 aliphatic rings. The Hall–Kier alpha value is -3.36. The van der Waals surface area contributed by atoms with Crippen molar-refractivity contribution in [3.05, 3.63) is 36.2 Å². The Labute approximate surface area is 149 Å². The third-order valence-corrected chi connectivity index (χ3v) is 3.89. The number of amides is 3. The molecule has 3 amide bonds. The summed E-state index contributed by atoms with van der Waals surface area (Å²) in [5.74, 6) is -0.534. The van der Waals surface area contributed by atoms with Gasteiger partial charge in [0, 0.05) is 32.8 Å². The highest BCUT2D eigenvalue weighted by atomic mass is 16.2. The van der Waals surface area contributed by atoms with Crippen LogP contribution in [0.2, 0.25) is 0 Å². The zero-order chi connectivity index (χ0) is 18.8. The molecular weight excluding hydrogens is 336 g/mol. The molecule has 0 saturated carbocycles. The summed E-state index contributed by atoms with van der Waals surface area (Å²) in [7, 11) is 0. The second kappa shape index (κ2) is 6.87. The number of aromatic nitrogens is 3. The summed E-state index contributed by atoms with van der Waals surface area (Å²) in [5.41, 5.74) is 1.18. The van der Waals surface area contributed by atoms with E-state index in [0.29, 0.717) is 30.1 Å². The Morgan fingerprint density at radius 2 is 1.58 bits per heavy atom. The molecule has 134 valence electrons. The summed E-state index contributed by atoms with van der Waals surface area (Å²) in [4.78, 5) is 35.8. The molecule has 0 bridgehead atoms. The zero-order valence-corrected chi connectivity index (χ0v) is 14.7. The molecule has 1 aromatic carbocycles. The van der Waals surface area contributed by atoms with Crippen LogP contribution in [0.4, 0.5) is 0 Å². The predicted octanol–water partition coefficient (Wildman–Crippen LogP) is 0.932. The molecule has 9 nitrogen and oxygen atoms in total. The summed E-state index contributed by atoms with van der Waals surface area (Å²) < 4.78 is 1.36. The van der Waals surface area contributed by atoms with Gasteiger partial charge in [0.1, 0.15) is 5.71 Å². The maximum atomic E-state index is 12.1. The lowest BCUT2D eigenvalue weighted by atomic mass is 10.2. The van der Waals surface area contributed by atoms with Crippen LogP contribution in [0.15, 0.2) is 35.4 Å². The SMILES string of the molecule is CC(=O)N1CCC(c2nnc(-c3ccccc3)n2N(C(C)=O)C(C)=O)=N1. The Kier molecular flexibility index (Phi) is 4.61. The fraction of sp³-hybridized carbons (Fsp3) is 0.294. The number of carbonyl (C=O) groups is 3. The lowest BCUT2D eigenvalue weighted by Gasteiger charge is -2.21. The molecule has 2 heterocycles. The van der Waals surface area contributed by atoms with Crippen molar-refractivity contribution in [3.8, 4) is 11.4 Å². The summed E-state index contributed by atoms with van der Waals surface area (Å²) in [6.07, 6.45) is 0.455. The number of benzene rings is 1. The van der Waals surface area contributed by atoms with Gasteiger partial charge < -0.3 is 0 Å². The quantitative estimate of drug-likeness (QED) is 0.816. The van der Waals surface area contributed by atoms with Gasteiger partial charge in [-0.25, -0.2) is 9.69 Å². The van der Waals surface area contributed by atoms with Crippen LogP contribution in [0.1, 0.15) is 33.0 Å². The van der Waals surface area contributed by atoms with E-state index < -0.39 is 11.8 Å². The maximum absolute atomic E-state index is 12.1.